The summed E-state index contributed by atoms with van der Waals surface area (Å²) in [7, 11) is -4.11. The number of benzene rings is 1. The van der Waals surface area contributed by atoms with E-state index in [4.69, 9.17) is 9.47 Å². The van der Waals surface area contributed by atoms with Crippen molar-refractivity contribution in [2.75, 3.05) is 17.5 Å². The number of fused-ring (bicyclic) bond motifs is 1. The first-order valence-electron chi connectivity index (χ1n) is 11.7. The van der Waals surface area contributed by atoms with Gasteiger partial charge < -0.3 is 9.47 Å². The van der Waals surface area contributed by atoms with Gasteiger partial charge in [0.25, 0.3) is 10.0 Å². The first-order valence-corrected chi connectivity index (χ1v) is 14.0. The molecule has 3 aromatic rings. The molecular formula is C25H28FN3O5S2. The van der Waals surface area contributed by atoms with Crippen LogP contribution >= 0.6 is 11.3 Å². The number of ether oxygens (including phenoxy) is 2. The van der Waals surface area contributed by atoms with Crippen LogP contribution < -0.4 is 9.04 Å². The average Bonchev–Trinajstić information content (AvgIpc) is 3.49. The summed E-state index contributed by atoms with van der Waals surface area (Å²) in [6, 6.07) is 6.88. The number of aryl methyl sites for hydroxylation is 3. The summed E-state index contributed by atoms with van der Waals surface area (Å²) in [6.07, 6.45) is 2.73. The van der Waals surface area contributed by atoms with Crippen molar-refractivity contribution in [2.45, 2.75) is 57.2 Å². The molecule has 11 heteroatoms. The van der Waals surface area contributed by atoms with Crippen molar-refractivity contribution >= 4 is 33.0 Å². The monoisotopic (exact) mass is 533 g/mol. The first kappa shape index (κ1) is 26.0. The van der Waals surface area contributed by atoms with E-state index in [0.29, 0.717) is 17.0 Å². The molecule has 0 unspecified atom stereocenters. The third-order valence-corrected chi connectivity index (χ3v) is 8.80. The number of alkyl halides is 1. The molecule has 2 heterocycles. The van der Waals surface area contributed by atoms with Crippen LogP contribution in [0.4, 0.5) is 10.1 Å². The minimum Gasteiger partial charge on any atom is -0.487 e. The highest BCUT2D eigenvalue weighted by Gasteiger charge is 2.32. The molecule has 1 aromatic carbocycles. The number of aromatic nitrogens is 2. The first-order chi connectivity index (χ1) is 17.2. The Morgan fingerprint density at radius 3 is 2.61 bits per heavy atom. The van der Waals surface area contributed by atoms with Crippen molar-refractivity contribution in [3.63, 3.8) is 0 Å². The predicted molar refractivity (Wildman–Crippen MR) is 135 cm³/mol. The summed E-state index contributed by atoms with van der Waals surface area (Å²) in [4.78, 5) is 20.1. The molecule has 1 aliphatic rings. The van der Waals surface area contributed by atoms with Crippen LogP contribution in [0, 0.1) is 6.92 Å². The SMILES string of the molecule is CCOC(=O)c1ccc(COc2cc3c(cc2N(C[C@H](C)F)S(=O)(=O)c2nc(C)cs2)CCC3)cn1. The van der Waals surface area contributed by atoms with E-state index in [1.54, 1.807) is 37.4 Å². The van der Waals surface area contributed by atoms with Gasteiger partial charge in [-0.05, 0) is 69.4 Å². The summed E-state index contributed by atoms with van der Waals surface area (Å²) in [5.41, 5.74) is 3.84. The van der Waals surface area contributed by atoms with Gasteiger partial charge in [0.1, 0.15) is 24.2 Å². The van der Waals surface area contributed by atoms with E-state index >= 15 is 0 Å². The summed E-state index contributed by atoms with van der Waals surface area (Å²) < 4.78 is 53.4. The maximum Gasteiger partial charge on any atom is 0.356 e. The molecule has 192 valence electrons. The smallest absolute Gasteiger partial charge is 0.356 e. The highest BCUT2D eigenvalue weighted by atomic mass is 32.2. The van der Waals surface area contributed by atoms with Crippen LogP contribution in [0.25, 0.3) is 0 Å². The number of esters is 1. The van der Waals surface area contributed by atoms with Gasteiger partial charge in [0.15, 0.2) is 0 Å². The second kappa shape index (κ2) is 10.9. The van der Waals surface area contributed by atoms with Crippen LogP contribution in [0.3, 0.4) is 0 Å². The standard InChI is InChI=1S/C25H28FN3O5S2/c1-4-33-24(30)21-9-8-18(12-27-21)14-34-23-11-20-7-5-6-19(20)10-22(23)29(13-16(2)26)36(31,32)25-28-17(3)15-35-25/h8-12,15-16H,4-7,13-14H2,1-3H3/t16-/m0/s1. The Morgan fingerprint density at radius 2 is 2.00 bits per heavy atom. The molecule has 0 saturated carbocycles. The molecule has 1 atom stereocenters. The van der Waals surface area contributed by atoms with Crippen LogP contribution in [-0.2, 0) is 34.2 Å². The van der Waals surface area contributed by atoms with Crippen molar-refractivity contribution in [2.24, 2.45) is 0 Å². The second-order valence-electron chi connectivity index (χ2n) is 8.57. The van der Waals surface area contributed by atoms with Crippen molar-refractivity contribution in [3.8, 4) is 5.75 Å². The summed E-state index contributed by atoms with van der Waals surface area (Å²) in [6.45, 7) is 4.72. The number of carbonyl (C=O) groups is 1. The van der Waals surface area contributed by atoms with Gasteiger partial charge in [-0.15, -0.1) is 11.3 Å². The Hall–Kier alpha value is -3.05. The number of hydrogen-bond donors (Lipinski definition) is 0. The second-order valence-corrected chi connectivity index (χ2v) is 11.5. The molecular weight excluding hydrogens is 505 g/mol. The largest absolute Gasteiger partial charge is 0.487 e. The zero-order chi connectivity index (χ0) is 25.9. The number of rotatable bonds is 10. The third kappa shape index (κ3) is 5.67. The highest BCUT2D eigenvalue weighted by molar-refractivity contribution is 7.94. The Bertz CT molecular complexity index is 1340. The molecule has 0 amide bonds. The van der Waals surface area contributed by atoms with Crippen molar-refractivity contribution in [1.82, 2.24) is 9.97 Å². The summed E-state index contributed by atoms with van der Waals surface area (Å²) >= 11 is 1.01. The van der Waals surface area contributed by atoms with Gasteiger partial charge in [0.2, 0.25) is 4.34 Å². The molecule has 4 rings (SSSR count). The zero-order valence-electron chi connectivity index (χ0n) is 20.4. The molecule has 0 aliphatic heterocycles. The minimum absolute atomic E-state index is 0.0807. The lowest BCUT2D eigenvalue weighted by Crippen LogP contribution is -2.36. The predicted octanol–water partition coefficient (Wildman–Crippen LogP) is 4.64. The van der Waals surface area contributed by atoms with E-state index in [0.717, 1.165) is 46.0 Å². The number of hydrogen-bond acceptors (Lipinski definition) is 8. The lowest BCUT2D eigenvalue weighted by atomic mass is 10.1. The summed E-state index contributed by atoms with van der Waals surface area (Å²) in [5, 5.41) is 1.65. The van der Waals surface area contributed by atoms with Gasteiger partial charge in [-0.2, -0.15) is 8.42 Å². The Labute approximate surface area is 214 Å². The fraction of sp³-hybridized carbons (Fsp3) is 0.400. The molecule has 0 N–H and O–H groups in total. The minimum atomic E-state index is -4.11. The number of anilines is 1. The maximum atomic E-state index is 14.3. The van der Waals surface area contributed by atoms with E-state index in [2.05, 4.69) is 9.97 Å². The molecule has 0 bridgehead atoms. The summed E-state index contributed by atoms with van der Waals surface area (Å²) in [5.74, 6) is -0.174. The zero-order valence-corrected chi connectivity index (χ0v) is 22.0. The normalized spacial score (nSPS) is 13.8. The number of halogens is 1. The van der Waals surface area contributed by atoms with E-state index in [1.165, 1.54) is 13.1 Å². The quantitative estimate of drug-likeness (QED) is 0.350. The van der Waals surface area contributed by atoms with Crippen LogP contribution in [-0.4, -0.2) is 43.7 Å². The number of nitrogens with zero attached hydrogens (tertiary/aromatic N) is 3. The van der Waals surface area contributed by atoms with Crippen LogP contribution in [0.2, 0.25) is 0 Å². The van der Waals surface area contributed by atoms with Gasteiger partial charge in [-0.3, -0.25) is 4.31 Å². The van der Waals surface area contributed by atoms with Gasteiger partial charge >= 0.3 is 5.97 Å². The molecule has 8 nitrogen and oxygen atoms in total. The van der Waals surface area contributed by atoms with Gasteiger partial charge in [-0.25, -0.2) is 19.2 Å². The van der Waals surface area contributed by atoms with E-state index < -0.39 is 22.2 Å². The Balaban J connectivity index is 1.68. The van der Waals surface area contributed by atoms with E-state index in [-0.39, 0.29) is 35.5 Å². The highest BCUT2D eigenvalue weighted by Crippen LogP contribution is 2.39. The van der Waals surface area contributed by atoms with Gasteiger partial charge in [0, 0.05) is 22.8 Å². The Morgan fingerprint density at radius 1 is 1.25 bits per heavy atom. The topological polar surface area (TPSA) is 98.7 Å². The van der Waals surface area contributed by atoms with Crippen molar-refractivity contribution in [3.05, 3.63) is 63.9 Å². The lowest BCUT2D eigenvalue weighted by molar-refractivity contribution is 0.0519. The number of pyridine rings is 1. The molecule has 36 heavy (non-hydrogen) atoms. The van der Waals surface area contributed by atoms with Crippen LogP contribution in [0.15, 0.2) is 40.2 Å². The molecule has 1 aliphatic carbocycles. The molecule has 0 fully saturated rings. The van der Waals surface area contributed by atoms with Crippen LogP contribution in [0.5, 0.6) is 5.75 Å². The molecule has 0 radical (unpaired) electrons. The van der Waals surface area contributed by atoms with Crippen LogP contribution in [0.1, 0.15) is 53.1 Å². The van der Waals surface area contributed by atoms with E-state index in [1.807, 2.05) is 6.07 Å². The van der Waals surface area contributed by atoms with Crippen molar-refractivity contribution < 1.29 is 27.1 Å². The fourth-order valence-electron chi connectivity index (χ4n) is 4.00. The average molecular weight is 534 g/mol. The van der Waals surface area contributed by atoms with E-state index in [9.17, 15) is 17.6 Å². The van der Waals surface area contributed by atoms with Crippen molar-refractivity contribution in [1.29, 1.82) is 0 Å². The lowest BCUT2D eigenvalue weighted by Gasteiger charge is -2.27. The number of sulfonamides is 1. The molecule has 2 aromatic heterocycles. The molecule has 0 saturated heterocycles. The third-order valence-electron chi connectivity index (χ3n) is 5.67. The maximum absolute atomic E-state index is 14.3. The van der Waals surface area contributed by atoms with Gasteiger partial charge in [0.05, 0.1) is 18.8 Å². The Kier molecular flexibility index (Phi) is 7.89. The number of carbonyl (C=O) groups excluding carboxylic acids is 1. The van der Waals surface area contributed by atoms with Gasteiger partial charge in [-0.1, -0.05) is 6.07 Å². The number of thiazole rings is 1. The fourth-order valence-corrected chi connectivity index (χ4v) is 6.67. The molecule has 0 spiro atoms.